The zero-order valence-corrected chi connectivity index (χ0v) is 13.5. The molecule has 4 heteroatoms. The lowest BCUT2D eigenvalue weighted by Gasteiger charge is -2.23. The molecule has 0 saturated heterocycles. The van der Waals surface area contributed by atoms with Crippen LogP contribution >= 0.6 is 15.9 Å². The van der Waals surface area contributed by atoms with E-state index in [0.717, 1.165) is 5.56 Å². The van der Waals surface area contributed by atoms with Crippen LogP contribution in [-0.2, 0) is 0 Å². The molecule has 2 aromatic carbocycles. The van der Waals surface area contributed by atoms with Gasteiger partial charge < -0.3 is 5.32 Å². The number of hydrogen-bond acceptors (Lipinski definition) is 1. The molecule has 1 atom stereocenters. The van der Waals surface area contributed by atoms with Gasteiger partial charge in [0.25, 0.3) is 5.91 Å². The number of halogens is 2. The fourth-order valence-electron chi connectivity index (χ4n) is 2.19. The first-order chi connectivity index (χ1) is 9.99. The van der Waals surface area contributed by atoms with Gasteiger partial charge in [0.05, 0.1) is 11.6 Å². The maximum Gasteiger partial charge on any atom is 0.252 e. The Morgan fingerprint density at radius 3 is 2.38 bits per heavy atom. The first kappa shape index (κ1) is 15.7. The Labute approximate surface area is 132 Å². The van der Waals surface area contributed by atoms with Crippen LogP contribution in [0.15, 0.2) is 53.0 Å². The van der Waals surface area contributed by atoms with Gasteiger partial charge in [-0.2, -0.15) is 0 Å². The molecule has 0 aliphatic heterocycles. The van der Waals surface area contributed by atoms with Gasteiger partial charge in [0.2, 0.25) is 0 Å². The van der Waals surface area contributed by atoms with Crippen molar-refractivity contribution in [2.75, 3.05) is 0 Å². The summed E-state index contributed by atoms with van der Waals surface area (Å²) in [6, 6.07) is 13.8. The van der Waals surface area contributed by atoms with Crippen LogP contribution in [0.25, 0.3) is 0 Å². The van der Waals surface area contributed by atoms with Crippen molar-refractivity contribution < 1.29 is 9.18 Å². The molecular formula is C17H17BrFNO. The van der Waals surface area contributed by atoms with Gasteiger partial charge in [-0.15, -0.1) is 0 Å². The summed E-state index contributed by atoms with van der Waals surface area (Å²) >= 11 is 3.23. The lowest BCUT2D eigenvalue weighted by Crippen LogP contribution is -2.32. The highest BCUT2D eigenvalue weighted by molar-refractivity contribution is 9.10. The van der Waals surface area contributed by atoms with Crippen LogP contribution in [0.3, 0.4) is 0 Å². The van der Waals surface area contributed by atoms with Crippen molar-refractivity contribution in [2.45, 2.75) is 19.9 Å². The number of carbonyl (C=O) groups is 1. The van der Waals surface area contributed by atoms with Gasteiger partial charge in [-0.25, -0.2) is 4.39 Å². The van der Waals surface area contributed by atoms with Crippen molar-refractivity contribution in [3.8, 4) is 0 Å². The third kappa shape index (κ3) is 3.91. The van der Waals surface area contributed by atoms with Gasteiger partial charge >= 0.3 is 0 Å². The molecule has 2 aromatic rings. The van der Waals surface area contributed by atoms with E-state index in [2.05, 4.69) is 35.1 Å². The van der Waals surface area contributed by atoms with Crippen LogP contribution in [0.5, 0.6) is 0 Å². The van der Waals surface area contributed by atoms with E-state index in [-0.39, 0.29) is 23.7 Å². The second-order valence-electron chi connectivity index (χ2n) is 5.23. The van der Waals surface area contributed by atoms with Crippen LogP contribution < -0.4 is 5.32 Å². The van der Waals surface area contributed by atoms with Gasteiger partial charge in [0.15, 0.2) is 0 Å². The highest BCUT2D eigenvalue weighted by atomic mass is 79.9. The Kier molecular flexibility index (Phi) is 5.12. The molecule has 0 bridgehead atoms. The van der Waals surface area contributed by atoms with Gasteiger partial charge in [0.1, 0.15) is 5.82 Å². The molecular weight excluding hydrogens is 333 g/mol. The molecule has 0 heterocycles. The van der Waals surface area contributed by atoms with E-state index in [9.17, 15) is 9.18 Å². The van der Waals surface area contributed by atoms with Crippen LogP contribution in [0.1, 0.15) is 35.8 Å². The second-order valence-corrected chi connectivity index (χ2v) is 6.08. The molecule has 110 valence electrons. The number of carbonyl (C=O) groups excluding carboxylic acids is 1. The van der Waals surface area contributed by atoms with Crippen LogP contribution in [0.2, 0.25) is 0 Å². The summed E-state index contributed by atoms with van der Waals surface area (Å²) in [6.45, 7) is 4.11. The number of benzene rings is 2. The molecule has 1 unspecified atom stereocenters. The number of amides is 1. The summed E-state index contributed by atoms with van der Waals surface area (Å²) in [5, 5.41) is 3.02. The minimum atomic E-state index is -0.373. The predicted octanol–water partition coefficient (Wildman–Crippen LogP) is 4.72. The number of hydrogen-bond donors (Lipinski definition) is 1. The predicted molar refractivity (Wildman–Crippen MR) is 85.6 cm³/mol. The fourth-order valence-corrected chi connectivity index (χ4v) is 2.72. The van der Waals surface area contributed by atoms with E-state index in [1.54, 1.807) is 0 Å². The monoisotopic (exact) mass is 349 g/mol. The van der Waals surface area contributed by atoms with Crippen LogP contribution in [0, 0.1) is 11.7 Å². The van der Waals surface area contributed by atoms with Crippen LogP contribution in [-0.4, -0.2) is 5.91 Å². The van der Waals surface area contributed by atoms with Crippen molar-refractivity contribution in [1.82, 2.24) is 5.32 Å². The highest BCUT2D eigenvalue weighted by Gasteiger charge is 2.20. The third-order valence-electron chi connectivity index (χ3n) is 3.29. The summed E-state index contributed by atoms with van der Waals surface area (Å²) in [7, 11) is 0. The minimum Gasteiger partial charge on any atom is -0.345 e. The summed E-state index contributed by atoms with van der Waals surface area (Å²) in [5.41, 5.74) is 1.48. The Hall–Kier alpha value is -1.68. The van der Waals surface area contributed by atoms with E-state index in [4.69, 9.17) is 0 Å². The lowest BCUT2D eigenvalue weighted by atomic mass is 9.95. The molecule has 0 aromatic heterocycles. The number of rotatable bonds is 4. The van der Waals surface area contributed by atoms with Crippen molar-refractivity contribution in [2.24, 2.45) is 5.92 Å². The van der Waals surface area contributed by atoms with E-state index >= 15 is 0 Å². The van der Waals surface area contributed by atoms with E-state index in [1.165, 1.54) is 18.2 Å². The number of nitrogens with one attached hydrogen (secondary N) is 1. The molecule has 0 radical (unpaired) electrons. The summed E-state index contributed by atoms with van der Waals surface area (Å²) in [4.78, 5) is 12.4. The molecule has 2 nitrogen and oxygen atoms in total. The van der Waals surface area contributed by atoms with Crippen molar-refractivity contribution in [1.29, 1.82) is 0 Å². The maximum atomic E-state index is 13.1. The van der Waals surface area contributed by atoms with Gasteiger partial charge in [0, 0.05) is 4.47 Å². The summed E-state index contributed by atoms with van der Waals surface area (Å²) in [6.07, 6.45) is 0. The van der Waals surface area contributed by atoms with E-state index in [0.29, 0.717) is 10.0 Å². The maximum absolute atomic E-state index is 13.1. The third-order valence-corrected chi connectivity index (χ3v) is 3.94. The van der Waals surface area contributed by atoms with E-state index < -0.39 is 0 Å². The Bertz CT molecular complexity index is 628. The summed E-state index contributed by atoms with van der Waals surface area (Å²) in [5.74, 6) is -0.345. The molecule has 0 aliphatic carbocycles. The zero-order valence-electron chi connectivity index (χ0n) is 11.9. The lowest BCUT2D eigenvalue weighted by molar-refractivity contribution is 0.0925. The SMILES string of the molecule is CC(C)C(NC(=O)c1ccc(F)cc1Br)c1ccccc1. The Morgan fingerprint density at radius 1 is 1.14 bits per heavy atom. The molecule has 0 saturated carbocycles. The first-order valence-electron chi connectivity index (χ1n) is 6.80. The molecule has 1 N–H and O–H groups in total. The highest BCUT2D eigenvalue weighted by Crippen LogP contribution is 2.24. The molecule has 1 amide bonds. The molecule has 0 spiro atoms. The molecule has 21 heavy (non-hydrogen) atoms. The zero-order chi connectivity index (χ0) is 15.4. The second kappa shape index (κ2) is 6.85. The van der Waals surface area contributed by atoms with Crippen molar-refractivity contribution >= 4 is 21.8 Å². The smallest absolute Gasteiger partial charge is 0.252 e. The quantitative estimate of drug-likeness (QED) is 0.850. The minimum absolute atomic E-state index is 0.0874. The Morgan fingerprint density at radius 2 is 1.81 bits per heavy atom. The van der Waals surface area contributed by atoms with Crippen LogP contribution in [0.4, 0.5) is 4.39 Å². The van der Waals surface area contributed by atoms with Gasteiger partial charge in [-0.3, -0.25) is 4.79 Å². The molecule has 0 fully saturated rings. The van der Waals surface area contributed by atoms with Crippen molar-refractivity contribution in [3.05, 3.63) is 69.9 Å². The van der Waals surface area contributed by atoms with Crippen molar-refractivity contribution in [3.63, 3.8) is 0 Å². The Balaban J connectivity index is 2.23. The fraction of sp³-hybridized carbons (Fsp3) is 0.235. The average molecular weight is 350 g/mol. The summed E-state index contributed by atoms with van der Waals surface area (Å²) < 4.78 is 13.6. The first-order valence-corrected chi connectivity index (χ1v) is 7.59. The molecule has 0 aliphatic rings. The normalized spacial score (nSPS) is 12.2. The molecule has 2 rings (SSSR count). The largest absolute Gasteiger partial charge is 0.345 e. The standard InChI is InChI=1S/C17H17BrFNO/c1-11(2)16(12-6-4-3-5-7-12)20-17(21)14-9-8-13(19)10-15(14)18/h3-11,16H,1-2H3,(H,20,21). The topological polar surface area (TPSA) is 29.1 Å². The van der Waals surface area contributed by atoms with Gasteiger partial charge in [-0.05, 0) is 45.6 Å². The van der Waals surface area contributed by atoms with E-state index in [1.807, 2.05) is 30.3 Å². The van der Waals surface area contributed by atoms with Gasteiger partial charge in [-0.1, -0.05) is 44.2 Å². The average Bonchev–Trinajstić information content (AvgIpc) is 2.45.